The number of hydrogen-bond donors (Lipinski definition) is 1. The van der Waals surface area contributed by atoms with E-state index in [1.807, 2.05) is 0 Å². The van der Waals surface area contributed by atoms with Crippen molar-refractivity contribution in [1.29, 1.82) is 0 Å². The van der Waals surface area contributed by atoms with Crippen molar-refractivity contribution in [3.8, 4) is 0 Å². The third-order valence-corrected chi connectivity index (χ3v) is 3.95. The Kier molecular flexibility index (Phi) is 4.45. The maximum Gasteiger partial charge on any atom is 0.325 e. The zero-order chi connectivity index (χ0) is 14.8. The predicted molar refractivity (Wildman–Crippen MR) is 79.0 cm³/mol. The molecular weight excluding hydrogens is 252 g/mol. The molecule has 0 saturated heterocycles. The summed E-state index contributed by atoms with van der Waals surface area (Å²) in [5.74, 6) is -0.316. The summed E-state index contributed by atoms with van der Waals surface area (Å²) in [6.07, 6.45) is 0.597. The molecule has 20 heavy (non-hydrogen) atoms. The topological polar surface area (TPSA) is 55.6 Å². The minimum atomic E-state index is -0.926. The summed E-state index contributed by atoms with van der Waals surface area (Å²) < 4.78 is 5.05. The van der Waals surface area contributed by atoms with E-state index in [2.05, 4.69) is 36.1 Å². The fourth-order valence-electron chi connectivity index (χ4n) is 2.79. The lowest BCUT2D eigenvalue weighted by molar-refractivity contribution is -0.149. The number of ether oxygens (including phenoxy) is 1. The third kappa shape index (κ3) is 3.19. The summed E-state index contributed by atoms with van der Waals surface area (Å²) in [5.41, 5.74) is 7.93. The van der Waals surface area contributed by atoms with Crippen LogP contribution in [-0.4, -0.2) is 29.1 Å². The largest absolute Gasteiger partial charge is 0.465 e. The molecule has 2 atom stereocenters. The van der Waals surface area contributed by atoms with Crippen molar-refractivity contribution in [2.24, 2.45) is 5.73 Å². The Morgan fingerprint density at radius 1 is 1.40 bits per heavy atom. The lowest BCUT2D eigenvalue weighted by atomic mass is 9.94. The Labute approximate surface area is 120 Å². The monoisotopic (exact) mass is 276 g/mol. The molecule has 4 nitrogen and oxygen atoms in total. The van der Waals surface area contributed by atoms with Crippen molar-refractivity contribution in [2.45, 2.75) is 51.9 Å². The van der Waals surface area contributed by atoms with Crippen LogP contribution in [0.1, 0.15) is 38.3 Å². The highest BCUT2D eigenvalue weighted by atomic mass is 16.5. The minimum absolute atomic E-state index is 0.238. The second kappa shape index (κ2) is 5.94. The van der Waals surface area contributed by atoms with Crippen LogP contribution in [0.4, 0.5) is 0 Å². The van der Waals surface area contributed by atoms with Gasteiger partial charge in [-0.25, -0.2) is 0 Å². The van der Waals surface area contributed by atoms with E-state index in [9.17, 15) is 4.79 Å². The highest BCUT2D eigenvalue weighted by Crippen LogP contribution is 2.27. The van der Waals surface area contributed by atoms with Crippen molar-refractivity contribution in [2.75, 3.05) is 6.61 Å². The first kappa shape index (κ1) is 15.0. The predicted octanol–water partition coefficient (Wildman–Crippen LogP) is 2.06. The molecule has 0 radical (unpaired) electrons. The molecule has 1 aromatic carbocycles. The number of nitrogens with two attached hydrogens (primary N) is 1. The van der Waals surface area contributed by atoms with E-state index in [1.54, 1.807) is 13.8 Å². The zero-order valence-electron chi connectivity index (χ0n) is 12.6. The number of hydrogen-bond acceptors (Lipinski definition) is 4. The molecule has 2 unspecified atom stereocenters. The number of carbonyl (C=O) groups is 1. The molecule has 2 rings (SSSR count). The Hall–Kier alpha value is -1.39. The van der Waals surface area contributed by atoms with E-state index in [0.717, 1.165) is 13.1 Å². The third-order valence-electron chi connectivity index (χ3n) is 3.95. The van der Waals surface area contributed by atoms with Crippen molar-refractivity contribution in [1.82, 2.24) is 4.90 Å². The first-order valence-corrected chi connectivity index (χ1v) is 7.21. The second-order valence-corrected chi connectivity index (χ2v) is 5.86. The van der Waals surface area contributed by atoms with Gasteiger partial charge in [0.1, 0.15) is 5.54 Å². The van der Waals surface area contributed by atoms with Gasteiger partial charge in [0, 0.05) is 19.1 Å². The highest BCUT2D eigenvalue weighted by molar-refractivity contribution is 5.80. The quantitative estimate of drug-likeness (QED) is 0.836. The van der Waals surface area contributed by atoms with Crippen LogP contribution in [-0.2, 0) is 22.6 Å². The van der Waals surface area contributed by atoms with Gasteiger partial charge in [-0.15, -0.1) is 0 Å². The molecule has 110 valence electrons. The highest BCUT2D eigenvalue weighted by Gasteiger charge is 2.34. The average molecular weight is 276 g/mol. The molecule has 0 fully saturated rings. The smallest absolute Gasteiger partial charge is 0.325 e. The van der Waals surface area contributed by atoms with Crippen LogP contribution in [0.5, 0.6) is 0 Å². The van der Waals surface area contributed by atoms with E-state index in [4.69, 9.17) is 10.5 Å². The summed E-state index contributed by atoms with van der Waals surface area (Å²) in [5, 5.41) is 0. The average Bonchev–Trinajstić information content (AvgIpc) is 2.82. The van der Waals surface area contributed by atoms with Gasteiger partial charge in [-0.2, -0.15) is 0 Å². The number of carbonyl (C=O) groups excluding carboxylic acids is 1. The van der Waals surface area contributed by atoms with Crippen molar-refractivity contribution in [3.05, 3.63) is 35.4 Å². The first-order valence-electron chi connectivity index (χ1n) is 7.21. The fourth-order valence-corrected chi connectivity index (χ4v) is 2.79. The van der Waals surface area contributed by atoms with Crippen LogP contribution in [0.25, 0.3) is 0 Å². The van der Waals surface area contributed by atoms with Gasteiger partial charge >= 0.3 is 5.97 Å². The van der Waals surface area contributed by atoms with E-state index in [1.165, 1.54) is 11.1 Å². The molecule has 0 saturated carbocycles. The zero-order valence-corrected chi connectivity index (χ0v) is 12.6. The van der Waals surface area contributed by atoms with Gasteiger partial charge < -0.3 is 10.5 Å². The molecule has 1 aliphatic rings. The molecule has 0 aromatic heterocycles. The molecule has 0 spiro atoms. The summed E-state index contributed by atoms with van der Waals surface area (Å²) in [6.45, 7) is 7.90. The van der Waals surface area contributed by atoms with Gasteiger partial charge in [-0.3, -0.25) is 9.69 Å². The van der Waals surface area contributed by atoms with Gasteiger partial charge in [0.2, 0.25) is 0 Å². The molecule has 1 aromatic rings. The number of rotatable bonds is 5. The lowest BCUT2D eigenvalue weighted by Gasteiger charge is -2.31. The number of benzene rings is 1. The normalized spacial score (nSPS) is 19.2. The Morgan fingerprint density at radius 2 is 1.95 bits per heavy atom. The van der Waals surface area contributed by atoms with Crippen LogP contribution >= 0.6 is 0 Å². The van der Waals surface area contributed by atoms with E-state index in [0.29, 0.717) is 13.0 Å². The van der Waals surface area contributed by atoms with Crippen LogP contribution in [0.3, 0.4) is 0 Å². The van der Waals surface area contributed by atoms with Crippen LogP contribution in [0.15, 0.2) is 24.3 Å². The molecule has 4 heteroatoms. The molecule has 1 heterocycles. The number of fused-ring (bicyclic) bond motifs is 1. The first-order chi connectivity index (χ1) is 9.44. The summed E-state index contributed by atoms with van der Waals surface area (Å²) in [7, 11) is 0. The minimum Gasteiger partial charge on any atom is -0.465 e. The van der Waals surface area contributed by atoms with Crippen molar-refractivity contribution < 1.29 is 9.53 Å². The van der Waals surface area contributed by atoms with Gasteiger partial charge in [0.05, 0.1) is 6.61 Å². The van der Waals surface area contributed by atoms with Gasteiger partial charge in [-0.1, -0.05) is 24.3 Å². The van der Waals surface area contributed by atoms with Gasteiger partial charge in [-0.05, 0) is 38.3 Å². The summed E-state index contributed by atoms with van der Waals surface area (Å²) >= 11 is 0. The molecular formula is C16H24N2O2. The van der Waals surface area contributed by atoms with E-state index < -0.39 is 5.54 Å². The second-order valence-electron chi connectivity index (χ2n) is 5.86. The van der Waals surface area contributed by atoms with Gasteiger partial charge in [0.15, 0.2) is 0 Å². The van der Waals surface area contributed by atoms with Crippen LogP contribution in [0, 0.1) is 0 Å². The maximum atomic E-state index is 11.9. The molecule has 1 aliphatic heterocycles. The number of nitrogens with zero attached hydrogens (tertiary/aromatic N) is 1. The summed E-state index contributed by atoms with van der Waals surface area (Å²) in [4.78, 5) is 14.2. The molecule has 0 aliphatic carbocycles. The standard InChI is InChI=1S/C16H24N2O2/c1-4-20-15(19)16(3,17)9-12(2)18-10-13-7-5-6-8-14(13)11-18/h5-8,12H,4,9-11,17H2,1-3H3. The van der Waals surface area contributed by atoms with Gasteiger partial charge in [0.25, 0.3) is 0 Å². The molecule has 2 N–H and O–H groups in total. The van der Waals surface area contributed by atoms with Crippen molar-refractivity contribution >= 4 is 5.97 Å². The Bertz CT molecular complexity index is 460. The maximum absolute atomic E-state index is 11.9. The lowest BCUT2D eigenvalue weighted by Crippen LogP contribution is -2.50. The molecule has 0 amide bonds. The summed E-state index contributed by atoms with van der Waals surface area (Å²) in [6, 6.07) is 8.70. The van der Waals surface area contributed by atoms with E-state index >= 15 is 0 Å². The molecule has 0 bridgehead atoms. The van der Waals surface area contributed by atoms with Crippen molar-refractivity contribution in [3.63, 3.8) is 0 Å². The van der Waals surface area contributed by atoms with Crippen LogP contribution < -0.4 is 5.73 Å². The Morgan fingerprint density at radius 3 is 2.45 bits per heavy atom. The number of esters is 1. The van der Waals surface area contributed by atoms with Crippen LogP contribution in [0.2, 0.25) is 0 Å². The van der Waals surface area contributed by atoms with E-state index in [-0.39, 0.29) is 12.0 Å². The Balaban J connectivity index is 1.97. The SMILES string of the molecule is CCOC(=O)C(C)(N)CC(C)N1Cc2ccccc2C1. The fraction of sp³-hybridized carbons (Fsp3) is 0.562.